The highest BCUT2D eigenvalue weighted by Crippen LogP contribution is 2.49. The number of phosphoric acid groups is 1. The fraction of sp³-hybridized carbons (Fsp3) is 0.891. The van der Waals surface area contributed by atoms with E-state index in [1.54, 1.807) is 0 Å². The van der Waals surface area contributed by atoms with Gasteiger partial charge in [0, 0.05) is 25.7 Å². The van der Waals surface area contributed by atoms with Crippen LogP contribution in [0.4, 0.5) is 0 Å². The van der Waals surface area contributed by atoms with Gasteiger partial charge in [0.1, 0.15) is 92.6 Å². The zero-order valence-corrected chi connectivity index (χ0v) is 74.5. The van der Waals surface area contributed by atoms with Gasteiger partial charge in [-0.2, -0.15) is 0 Å². The lowest BCUT2D eigenvalue weighted by Gasteiger charge is -2.50. The lowest BCUT2D eigenvalue weighted by atomic mass is 9.84. The number of rotatable bonds is 75. The highest BCUT2D eigenvalue weighted by molar-refractivity contribution is 7.47. The SMILES string of the molecule is CCCCCC/C=C\CCCCCCCCCC(=O)OCC(COP(=O)(O)OC1C(OC2OC(CO)C(O)C(O)C2O)C(O)C(O)C(OC(=O)CCCCCCCCC(C)CCCCCCCC)C1OC1OC(COC(=O)CCCCC/C=C\CCCCCCCC)C(O)C(O)C1O)OC(=O)CCCCCCCCC/C=C\CCCCCC. The second-order valence-corrected chi connectivity index (χ2v) is 35.2. The van der Waals surface area contributed by atoms with Crippen molar-refractivity contribution < 1.29 is 122 Å². The first-order valence-electron chi connectivity index (χ1n) is 47.1. The van der Waals surface area contributed by atoms with Crippen LogP contribution < -0.4 is 0 Å². The average Bonchev–Trinajstić information content (AvgIpc) is 0.757. The lowest BCUT2D eigenvalue weighted by Crippen LogP contribution is -2.70. The second kappa shape index (κ2) is 69.9. The Bertz CT molecular complexity index is 2610. The van der Waals surface area contributed by atoms with E-state index in [0.717, 1.165) is 154 Å². The van der Waals surface area contributed by atoms with Gasteiger partial charge >= 0.3 is 31.7 Å². The van der Waals surface area contributed by atoms with Crippen molar-refractivity contribution in [3.8, 4) is 0 Å². The van der Waals surface area contributed by atoms with Crippen LogP contribution in [-0.2, 0) is 70.7 Å². The molecule has 2 saturated heterocycles. The Morgan fingerprint density at radius 3 is 1.11 bits per heavy atom. The maximum Gasteiger partial charge on any atom is 0.472 e. The predicted octanol–water partition coefficient (Wildman–Crippen LogP) is 17.4. The van der Waals surface area contributed by atoms with Crippen LogP contribution in [0.2, 0.25) is 0 Å². The molecule has 0 aromatic carbocycles. The zero-order chi connectivity index (χ0) is 86.2. The Hall–Kier alpha value is -3.31. The largest absolute Gasteiger partial charge is 0.472 e. The molecule has 118 heavy (non-hydrogen) atoms. The maximum atomic E-state index is 14.9. The van der Waals surface area contributed by atoms with Crippen LogP contribution in [0.25, 0.3) is 0 Å². The summed E-state index contributed by atoms with van der Waals surface area (Å²) in [5.41, 5.74) is 0. The first kappa shape index (κ1) is 109. The van der Waals surface area contributed by atoms with Crippen molar-refractivity contribution >= 4 is 31.7 Å². The molecule has 690 valence electrons. The lowest BCUT2D eigenvalue weighted by molar-refractivity contribution is -0.360. The number of allylic oxidation sites excluding steroid dienone is 6. The molecular weight excluding hydrogens is 1540 g/mol. The first-order chi connectivity index (χ1) is 57.1. The number of phosphoric ester groups is 1. The molecule has 3 fully saturated rings. The monoisotopic (exact) mass is 1700 g/mol. The minimum absolute atomic E-state index is 0.00742. The highest BCUT2D eigenvalue weighted by Gasteiger charge is 2.60. The van der Waals surface area contributed by atoms with Crippen LogP contribution in [0.5, 0.6) is 0 Å². The van der Waals surface area contributed by atoms with Gasteiger partial charge in [-0.3, -0.25) is 28.2 Å². The van der Waals surface area contributed by atoms with Crippen molar-refractivity contribution in [2.24, 2.45) is 5.92 Å². The Labute approximate surface area is 710 Å². The number of carbonyl (C=O) groups is 4. The number of unbranched alkanes of at least 4 members (excludes halogenated alkanes) is 41. The molecule has 0 amide bonds. The van der Waals surface area contributed by atoms with Gasteiger partial charge in [-0.15, -0.1) is 0 Å². The third kappa shape index (κ3) is 50.0. The molecule has 26 heteroatoms. The summed E-state index contributed by atoms with van der Waals surface area (Å²) in [5, 5.41) is 102. The first-order valence-corrected chi connectivity index (χ1v) is 48.6. The van der Waals surface area contributed by atoms with Gasteiger partial charge < -0.3 is 88.7 Å². The summed E-state index contributed by atoms with van der Waals surface area (Å²) in [6.45, 7) is 7.84. The van der Waals surface area contributed by atoms with Crippen molar-refractivity contribution in [1.82, 2.24) is 0 Å². The van der Waals surface area contributed by atoms with Crippen LogP contribution in [0, 0.1) is 5.92 Å². The molecule has 0 spiro atoms. The topological polar surface area (TPSA) is 380 Å². The Morgan fingerprint density at radius 2 is 0.686 bits per heavy atom. The smallest absolute Gasteiger partial charge is 0.463 e. The van der Waals surface area contributed by atoms with Gasteiger partial charge in [0.05, 0.1) is 13.2 Å². The van der Waals surface area contributed by atoms with Gasteiger partial charge in [0.25, 0.3) is 0 Å². The summed E-state index contributed by atoms with van der Waals surface area (Å²) in [6, 6.07) is 0. The minimum Gasteiger partial charge on any atom is -0.463 e. The van der Waals surface area contributed by atoms with E-state index < -0.39 is 162 Å². The molecule has 3 rings (SSSR count). The number of carbonyl (C=O) groups excluding carboxylic acids is 4. The molecule has 19 atom stereocenters. The molecule has 1 saturated carbocycles. The van der Waals surface area contributed by atoms with Gasteiger partial charge in [-0.05, 0) is 109 Å². The number of ether oxygens (including phenoxy) is 8. The fourth-order valence-corrected chi connectivity index (χ4v) is 16.3. The van der Waals surface area contributed by atoms with E-state index in [0.29, 0.717) is 50.9 Å². The Kier molecular flexibility index (Phi) is 64.5. The minimum atomic E-state index is -5.81. The number of hydrogen-bond acceptors (Lipinski definition) is 24. The number of aliphatic hydroxyl groups is 9. The summed E-state index contributed by atoms with van der Waals surface area (Å²) in [6.07, 6.45) is 30.0. The number of aliphatic hydroxyl groups excluding tert-OH is 9. The summed E-state index contributed by atoms with van der Waals surface area (Å²) in [5.74, 6) is -2.37. The quantitative estimate of drug-likeness (QED) is 0.00889. The van der Waals surface area contributed by atoms with Crippen molar-refractivity contribution in [3.63, 3.8) is 0 Å². The molecule has 0 radical (unpaired) electrons. The van der Waals surface area contributed by atoms with E-state index in [1.807, 2.05) is 0 Å². The molecule has 0 aromatic heterocycles. The van der Waals surface area contributed by atoms with E-state index in [2.05, 4.69) is 71.1 Å². The molecule has 3 aliphatic rings. The van der Waals surface area contributed by atoms with Crippen LogP contribution >= 0.6 is 7.82 Å². The molecule has 0 aromatic rings. The molecule has 2 heterocycles. The zero-order valence-electron chi connectivity index (χ0n) is 73.6. The highest BCUT2D eigenvalue weighted by atomic mass is 31.2. The second-order valence-electron chi connectivity index (χ2n) is 33.8. The van der Waals surface area contributed by atoms with Gasteiger partial charge in [-0.25, -0.2) is 4.57 Å². The summed E-state index contributed by atoms with van der Waals surface area (Å²) < 4.78 is 73.5. The summed E-state index contributed by atoms with van der Waals surface area (Å²) in [4.78, 5) is 66.5. The third-order valence-corrected chi connectivity index (χ3v) is 24.0. The van der Waals surface area contributed by atoms with Crippen LogP contribution in [-0.4, -0.2) is 205 Å². The Morgan fingerprint density at radius 1 is 0.356 bits per heavy atom. The van der Waals surface area contributed by atoms with Crippen LogP contribution in [0.3, 0.4) is 0 Å². The van der Waals surface area contributed by atoms with Crippen LogP contribution in [0.15, 0.2) is 36.5 Å². The predicted molar refractivity (Wildman–Crippen MR) is 458 cm³/mol. The maximum absolute atomic E-state index is 14.9. The molecule has 25 nitrogen and oxygen atoms in total. The van der Waals surface area contributed by atoms with Crippen molar-refractivity contribution in [1.29, 1.82) is 0 Å². The number of hydrogen-bond donors (Lipinski definition) is 10. The molecule has 2 aliphatic heterocycles. The van der Waals surface area contributed by atoms with E-state index in [9.17, 15) is 74.6 Å². The van der Waals surface area contributed by atoms with E-state index in [1.165, 1.54) is 128 Å². The van der Waals surface area contributed by atoms with Crippen molar-refractivity contribution in [3.05, 3.63) is 36.5 Å². The normalized spacial score (nSPS) is 25.3. The molecule has 0 bridgehead atoms. The number of esters is 4. The van der Waals surface area contributed by atoms with Crippen LogP contribution in [0.1, 0.15) is 388 Å². The standard InChI is InChI=1S/C92H167O25P/c1-6-10-14-18-22-25-28-31-33-36-39-41-44-51-57-63-75(94)108-68-72(111-77(96)65-59-53-46-43-40-37-34-32-29-26-23-19-15-11-7-2)69-110-118(106,107)117-90-88(115-91-85(104)81(100)79(98)73(67-93)112-91)84(103)83(102)87(114-78(97)66-60-54-48-47-50-56-62-71(5)61-55-49-21-17-13-9-4)89(90)116-92-86(105)82(101)80(99)74(113-92)70-109-76(95)64-58-52-45-42-38-35-30-27-24-20-16-12-8-3/h25-26,28-29,35,38,71-74,79-93,98-105H,6-24,27,30-34,36-37,39-70H2,1-5H3,(H,106,107)/b28-25-,29-26-,38-35-. The molecule has 19 unspecified atom stereocenters. The van der Waals surface area contributed by atoms with E-state index in [-0.39, 0.29) is 25.7 Å². The van der Waals surface area contributed by atoms with Crippen molar-refractivity contribution in [2.45, 2.75) is 492 Å². The van der Waals surface area contributed by atoms with Gasteiger partial charge in [-0.1, -0.05) is 296 Å². The van der Waals surface area contributed by atoms with E-state index in [4.69, 9.17) is 46.9 Å². The van der Waals surface area contributed by atoms with E-state index >= 15 is 0 Å². The molecule has 1 aliphatic carbocycles. The molecular formula is C92H167O25P. The van der Waals surface area contributed by atoms with Gasteiger partial charge in [0.2, 0.25) is 0 Å². The average molecular weight is 1700 g/mol. The van der Waals surface area contributed by atoms with Gasteiger partial charge in [0.15, 0.2) is 24.8 Å². The Balaban J connectivity index is 1.94. The fourth-order valence-electron chi connectivity index (χ4n) is 15.4. The third-order valence-electron chi connectivity index (χ3n) is 23.0. The van der Waals surface area contributed by atoms with Crippen molar-refractivity contribution in [2.75, 3.05) is 26.4 Å². The summed E-state index contributed by atoms with van der Waals surface area (Å²) in [7, 11) is -5.81. The summed E-state index contributed by atoms with van der Waals surface area (Å²) >= 11 is 0. The molecule has 10 N–H and O–H groups in total.